The zero-order valence-electron chi connectivity index (χ0n) is 18.7. The van der Waals surface area contributed by atoms with Gasteiger partial charge in [0.15, 0.2) is 0 Å². The standard InChI is InChI=1S/C8H9NO.CHF3O6S3.CH4O9S3.F4S/c1-7(10)9-8-5-3-2-4-6-8;2-11(5,6)1(12(3,7)8)13(4,9)10;2-11(3,4)1(12(5,6)7)13(8,9)10;1-5(2,3)4/h2-6H,1H3,(H,9,10);1H;1H,(H,2,3,4)(H,5,6,7)(H,8,9,10);. The van der Waals surface area contributed by atoms with Crippen molar-refractivity contribution in [2.45, 2.75) is 14.8 Å². The summed E-state index contributed by atoms with van der Waals surface area (Å²) in [5, 5.41) is 2.67. The maximum absolute atomic E-state index is 11.8. The molecule has 0 fully saturated rings. The molecule has 1 aromatic carbocycles. The second-order valence-corrected chi connectivity index (χ2v) is 17.2. The molecule has 0 heterocycles. The molecule has 41 heavy (non-hydrogen) atoms. The van der Waals surface area contributed by atoms with E-state index in [2.05, 4.69) is 5.32 Å². The van der Waals surface area contributed by atoms with Crippen LogP contribution in [0.4, 0.5) is 32.9 Å². The van der Waals surface area contributed by atoms with E-state index in [1.165, 1.54) is 6.92 Å². The van der Waals surface area contributed by atoms with E-state index in [1.54, 1.807) is 0 Å². The van der Waals surface area contributed by atoms with Gasteiger partial charge in [-0.3, -0.25) is 18.5 Å². The lowest BCUT2D eigenvalue weighted by Crippen LogP contribution is -2.36. The van der Waals surface area contributed by atoms with Gasteiger partial charge in [0.1, 0.15) is 0 Å². The van der Waals surface area contributed by atoms with Gasteiger partial charge in [-0.15, -0.1) is 11.7 Å². The van der Waals surface area contributed by atoms with E-state index in [4.69, 9.17) is 13.7 Å². The Morgan fingerprint density at radius 3 is 0.951 bits per heavy atom. The summed E-state index contributed by atoms with van der Waals surface area (Å²) >= 11 is -6.17. The molecule has 0 aliphatic heterocycles. The van der Waals surface area contributed by atoms with Crippen molar-refractivity contribution in [2.24, 2.45) is 0 Å². The zero-order valence-corrected chi connectivity index (χ0v) is 24.4. The van der Waals surface area contributed by atoms with Gasteiger partial charge in [-0.25, -0.2) is 0 Å². The number of carbonyl (C=O) groups excluding carboxylic acids is 1. The van der Waals surface area contributed by atoms with Gasteiger partial charge in [-0.2, -0.15) is 50.5 Å². The van der Waals surface area contributed by atoms with Gasteiger partial charge in [0.05, 0.1) is 0 Å². The number of hydrogen-bond donors (Lipinski definition) is 4. The van der Waals surface area contributed by atoms with Crippen molar-refractivity contribution in [3.63, 3.8) is 0 Å². The number of para-hydroxylation sites is 1. The monoisotopic (exact) mass is 761 g/mol. The minimum Gasteiger partial charge on any atom is -0.326 e. The average molecular weight is 762 g/mol. The molecule has 0 spiro atoms. The van der Waals surface area contributed by atoms with Gasteiger partial charge in [0.2, 0.25) is 5.91 Å². The van der Waals surface area contributed by atoms with Crippen LogP contribution < -0.4 is 5.32 Å². The number of halogens is 7. The van der Waals surface area contributed by atoms with Crippen LogP contribution in [0, 0.1) is 0 Å². The van der Waals surface area contributed by atoms with Crippen LogP contribution in [0.5, 0.6) is 0 Å². The quantitative estimate of drug-likeness (QED) is 0.172. The molecule has 31 heteroatoms. The highest BCUT2D eigenvalue weighted by Gasteiger charge is 2.50. The normalized spacial score (nSPS) is 13.4. The van der Waals surface area contributed by atoms with E-state index >= 15 is 0 Å². The van der Waals surface area contributed by atoms with E-state index in [9.17, 15) is 82.5 Å². The van der Waals surface area contributed by atoms with Crippen LogP contribution in [0.25, 0.3) is 0 Å². The van der Waals surface area contributed by atoms with Crippen LogP contribution in [0.15, 0.2) is 30.3 Å². The zero-order chi connectivity index (χ0) is 34.1. The van der Waals surface area contributed by atoms with E-state index in [1.807, 2.05) is 30.3 Å². The Bertz CT molecular complexity index is 1420. The lowest BCUT2D eigenvalue weighted by Gasteiger charge is -2.05. The number of rotatable bonds is 7. The van der Waals surface area contributed by atoms with Gasteiger partial charge in [0, 0.05) is 12.6 Å². The first-order valence-electron chi connectivity index (χ1n) is 8.16. The van der Waals surface area contributed by atoms with Gasteiger partial charge < -0.3 is 5.32 Å². The third-order valence-corrected chi connectivity index (χ3v) is 13.9. The Morgan fingerprint density at radius 2 is 0.829 bits per heavy atom. The van der Waals surface area contributed by atoms with Crippen molar-refractivity contribution in [2.75, 3.05) is 5.32 Å². The lowest BCUT2D eigenvalue weighted by molar-refractivity contribution is -0.114. The van der Waals surface area contributed by atoms with Crippen LogP contribution >= 0.6 is 11.6 Å². The minimum absolute atomic E-state index is 0.0359. The SMILES string of the molecule is CC(=O)Nc1ccccc1.FS(F)(F)F.O=S(=O)(F)C(S(=O)(=O)F)S(=O)(=O)F.O=S(=O)(O)C(S(=O)(=O)O)S(=O)(=O)O. The maximum Gasteiger partial charge on any atom is 0.379 e. The van der Waals surface area contributed by atoms with Crippen LogP contribution in [-0.2, 0) is 65.8 Å². The Labute approximate surface area is 230 Å². The number of nitrogens with one attached hydrogen (secondary N) is 1. The summed E-state index contributed by atoms with van der Waals surface area (Å²) in [6, 6.07) is 9.37. The smallest absolute Gasteiger partial charge is 0.326 e. The molecule has 4 N–H and O–H groups in total. The number of carbonyl (C=O) groups is 1. The highest BCUT2D eigenvalue weighted by molar-refractivity contribution is 8.20. The Balaban J connectivity index is -0.000000491. The van der Waals surface area contributed by atoms with Crippen LogP contribution in [0.2, 0.25) is 0 Å². The van der Waals surface area contributed by atoms with Crippen molar-refractivity contribution < 1.29 is 96.2 Å². The summed E-state index contributed by atoms with van der Waals surface area (Å²) < 4.78 is 209. The second kappa shape index (κ2) is 15.6. The molecular weight excluding hydrogens is 748 g/mol. The van der Waals surface area contributed by atoms with E-state index in [0.717, 1.165) is 5.69 Å². The maximum atomic E-state index is 11.8. The fourth-order valence-electron chi connectivity index (χ4n) is 1.60. The molecule has 0 bridgehead atoms. The average Bonchev–Trinajstić information content (AvgIpc) is 2.52. The van der Waals surface area contributed by atoms with Crippen molar-refractivity contribution in [1.82, 2.24) is 0 Å². The number of benzene rings is 1. The first-order valence-corrected chi connectivity index (χ1v) is 18.2. The molecule has 0 aliphatic carbocycles. The Morgan fingerprint density at radius 1 is 0.585 bits per heavy atom. The fraction of sp³-hybridized carbons (Fsp3) is 0.300. The molecule has 0 saturated carbocycles. The van der Waals surface area contributed by atoms with Crippen LogP contribution in [0.3, 0.4) is 0 Å². The number of hydrogen-bond acceptors (Lipinski definition) is 13. The van der Waals surface area contributed by atoms with Crippen LogP contribution in [0.1, 0.15) is 6.92 Å². The molecule has 0 radical (unpaired) electrons. The summed E-state index contributed by atoms with van der Waals surface area (Å²) in [4.78, 5) is 10.5. The number of anilines is 1. The van der Waals surface area contributed by atoms with E-state index in [-0.39, 0.29) is 5.91 Å². The Hall–Kier alpha value is -1.87. The van der Waals surface area contributed by atoms with E-state index < -0.39 is 80.4 Å². The number of amides is 1. The predicted molar refractivity (Wildman–Crippen MR) is 125 cm³/mol. The molecular formula is C10H14F7NO16S7. The topological polar surface area (TPSA) is 295 Å². The Kier molecular flexibility index (Phi) is 16.5. The molecule has 0 saturated heterocycles. The van der Waals surface area contributed by atoms with Crippen LogP contribution in [-0.4, -0.2) is 77.9 Å². The first-order chi connectivity index (χ1) is 17.5. The third-order valence-electron chi connectivity index (χ3n) is 2.51. The largest absolute Gasteiger partial charge is 0.379 e. The molecule has 0 unspecified atom stereocenters. The molecule has 1 amide bonds. The van der Waals surface area contributed by atoms with Gasteiger partial charge in [-0.05, 0) is 12.1 Å². The van der Waals surface area contributed by atoms with Crippen molar-refractivity contribution in [3.05, 3.63) is 30.3 Å². The van der Waals surface area contributed by atoms with Gasteiger partial charge >= 0.3 is 80.4 Å². The highest BCUT2D eigenvalue weighted by atomic mass is 32.4. The van der Waals surface area contributed by atoms with Crippen molar-refractivity contribution in [1.29, 1.82) is 0 Å². The molecule has 1 aromatic rings. The van der Waals surface area contributed by atoms with Crippen molar-refractivity contribution in [3.8, 4) is 0 Å². The molecule has 0 aromatic heterocycles. The van der Waals surface area contributed by atoms with E-state index in [0.29, 0.717) is 0 Å². The highest BCUT2D eigenvalue weighted by Crippen LogP contribution is 2.54. The molecule has 17 nitrogen and oxygen atoms in total. The fourth-order valence-corrected chi connectivity index (χ4v) is 8.58. The summed E-state index contributed by atoms with van der Waals surface area (Å²) in [5.41, 5.74) is 0.843. The van der Waals surface area contributed by atoms with Crippen molar-refractivity contribution >= 4 is 84.2 Å². The summed E-state index contributed by atoms with van der Waals surface area (Å²) in [6.07, 6.45) is 0. The molecule has 0 atom stereocenters. The molecule has 246 valence electrons. The summed E-state index contributed by atoms with van der Waals surface area (Å²) in [5.74, 6) is -0.0359. The predicted octanol–water partition coefficient (Wildman–Crippen LogP) is 1.08. The third kappa shape index (κ3) is 23.4. The summed E-state index contributed by atoms with van der Waals surface area (Å²) in [6.45, 7) is 1.49. The van der Waals surface area contributed by atoms with Gasteiger partial charge in [-0.1, -0.05) is 33.7 Å². The lowest BCUT2D eigenvalue weighted by atomic mass is 10.3. The first kappa shape index (κ1) is 43.6. The second-order valence-electron chi connectivity index (χ2n) is 5.95. The van der Waals surface area contributed by atoms with Gasteiger partial charge in [0.25, 0.3) is 0 Å². The molecule has 1 rings (SSSR count). The summed E-state index contributed by atoms with van der Waals surface area (Å²) in [7, 11) is -36.2. The molecule has 0 aliphatic rings. The minimum atomic E-state index is -6.41.